The molecule has 0 heterocycles. The number of para-hydroxylation sites is 1. The lowest BCUT2D eigenvalue weighted by Crippen LogP contribution is -2.53. The molecular weight excluding hydrogens is 478 g/mol. The first-order valence-corrected chi connectivity index (χ1v) is 14.0. The summed E-state index contributed by atoms with van der Waals surface area (Å²) in [6.45, 7) is 9.06. The number of aryl methyl sites for hydroxylation is 2. The molecule has 36 heavy (non-hydrogen) atoms. The van der Waals surface area contributed by atoms with Crippen LogP contribution in [0, 0.1) is 13.8 Å². The summed E-state index contributed by atoms with van der Waals surface area (Å²) < 4.78 is 32.2. The highest BCUT2D eigenvalue weighted by atomic mass is 32.2. The molecule has 0 fully saturated rings. The van der Waals surface area contributed by atoms with Gasteiger partial charge in [-0.3, -0.25) is 13.9 Å². The molecule has 2 rings (SSSR count). The molecule has 2 atom stereocenters. The monoisotopic (exact) mass is 517 g/mol. The van der Waals surface area contributed by atoms with Crippen molar-refractivity contribution >= 4 is 27.5 Å². The Balaban J connectivity index is 2.51. The lowest BCUT2D eigenvalue weighted by molar-refractivity contribution is -0.140. The van der Waals surface area contributed by atoms with Gasteiger partial charge < -0.3 is 15.0 Å². The van der Waals surface area contributed by atoms with Crippen molar-refractivity contribution in [2.24, 2.45) is 0 Å². The van der Waals surface area contributed by atoms with Gasteiger partial charge in [-0.1, -0.05) is 44.2 Å². The predicted octanol–water partition coefficient (Wildman–Crippen LogP) is 3.80. The number of carbonyl (C=O) groups excluding carboxylic acids is 2. The van der Waals surface area contributed by atoms with Crippen molar-refractivity contribution in [1.29, 1.82) is 0 Å². The number of anilines is 1. The molecular formula is C27H39N3O5S. The molecule has 0 aromatic heterocycles. The fourth-order valence-electron chi connectivity index (χ4n) is 4.10. The van der Waals surface area contributed by atoms with Crippen LogP contribution in [0.5, 0.6) is 5.75 Å². The van der Waals surface area contributed by atoms with Gasteiger partial charge >= 0.3 is 0 Å². The molecule has 0 saturated carbocycles. The minimum absolute atomic E-state index is 0.0533. The molecule has 198 valence electrons. The minimum Gasteiger partial charge on any atom is -0.497 e. The summed E-state index contributed by atoms with van der Waals surface area (Å²) >= 11 is 0. The fourth-order valence-corrected chi connectivity index (χ4v) is 5.07. The number of amides is 2. The van der Waals surface area contributed by atoms with Crippen molar-refractivity contribution in [2.75, 3.05) is 24.2 Å². The summed E-state index contributed by atoms with van der Waals surface area (Å²) in [5.41, 5.74) is 2.74. The van der Waals surface area contributed by atoms with Crippen LogP contribution in [0.4, 0.5) is 5.69 Å². The zero-order valence-electron chi connectivity index (χ0n) is 22.4. The van der Waals surface area contributed by atoms with Gasteiger partial charge in [-0.25, -0.2) is 8.42 Å². The van der Waals surface area contributed by atoms with Crippen molar-refractivity contribution < 1.29 is 22.7 Å². The van der Waals surface area contributed by atoms with E-state index in [0.29, 0.717) is 17.9 Å². The topological polar surface area (TPSA) is 96.0 Å². The van der Waals surface area contributed by atoms with Crippen LogP contribution < -0.4 is 14.4 Å². The van der Waals surface area contributed by atoms with Gasteiger partial charge in [0, 0.05) is 12.6 Å². The van der Waals surface area contributed by atoms with Crippen molar-refractivity contribution in [2.45, 2.75) is 66.1 Å². The van der Waals surface area contributed by atoms with Gasteiger partial charge in [-0.15, -0.1) is 0 Å². The minimum atomic E-state index is -3.79. The summed E-state index contributed by atoms with van der Waals surface area (Å²) in [5, 5.41) is 2.97. The second-order valence-electron chi connectivity index (χ2n) is 9.13. The molecule has 0 radical (unpaired) electrons. The molecule has 8 nitrogen and oxygen atoms in total. The third kappa shape index (κ3) is 7.46. The van der Waals surface area contributed by atoms with Crippen molar-refractivity contribution in [3.8, 4) is 5.75 Å². The number of benzene rings is 2. The summed E-state index contributed by atoms with van der Waals surface area (Å²) in [7, 11) is -2.22. The van der Waals surface area contributed by atoms with E-state index in [1.54, 1.807) is 19.2 Å². The smallest absolute Gasteiger partial charge is 0.244 e. The average molecular weight is 518 g/mol. The van der Waals surface area contributed by atoms with E-state index in [2.05, 4.69) is 5.32 Å². The number of methoxy groups -OCH3 is 1. The molecule has 0 aliphatic carbocycles. The second-order valence-corrected chi connectivity index (χ2v) is 11.0. The van der Waals surface area contributed by atoms with Crippen LogP contribution in [0.25, 0.3) is 0 Å². The summed E-state index contributed by atoms with van der Waals surface area (Å²) in [4.78, 5) is 28.5. The largest absolute Gasteiger partial charge is 0.497 e. The maximum atomic E-state index is 13.8. The molecule has 0 unspecified atom stereocenters. The Labute approximate surface area is 215 Å². The van der Waals surface area contributed by atoms with Crippen LogP contribution in [0.15, 0.2) is 42.5 Å². The van der Waals surface area contributed by atoms with Crippen molar-refractivity contribution in [3.63, 3.8) is 0 Å². The lowest BCUT2D eigenvalue weighted by Gasteiger charge is -2.34. The van der Waals surface area contributed by atoms with E-state index in [1.807, 2.05) is 65.0 Å². The fraction of sp³-hybridized carbons (Fsp3) is 0.481. The van der Waals surface area contributed by atoms with Crippen LogP contribution in [0.3, 0.4) is 0 Å². The van der Waals surface area contributed by atoms with Crippen molar-refractivity contribution in [1.82, 2.24) is 10.2 Å². The van der Waals surface area contributed by atoms with E-state index in [1.165, 1.54) is 4.90 Å². The molecule has 0 bridgehead atoms. The predicted molar refractivity (Wildman–Crippen MR) is 144 cm³/mol. The van der Waals surface area contributed by atoms with E-state index in [4.69, 9.17) is 4.74 Å². The van der Waals surface area contributed by atoms with E-state index in [0.717, 1.165) is 33.7 Å². The molecule has 2 aromatic rings. The van der Waals surface area contributed by atoms with Gasteiger partial charge in [0.1, 0.15) is 18.3 Å². The van der Waals surface area contributed by atoms with Crippen LogP contribution in [-0.4, -0.2) is 57.1 Å². The first-order chi connectivity index (χ1) is 16.9. The maximum Gasteiger partial charge on any atom is 0.244 e. The van der Waals surface area contributed by atoms with E-state index in [-0.39, 0.29) is 18.5 Å². The Bertz CT molecular complexity index is 1150. The zero-order chi connectivity index (χ0) is 27.0. The summed E-state index contributed by atoms with van der Waals surface area (Å²) in [6.07, 6.45) is 2.21. The molecule has 1 N–H and O–H groups in total. The summed E-state index contributed by atoms with van der Waals surface area (Å²) in [6, 6.07) is 11.9. The second kappa shape index (κ2) is 12.8. The molecule has 0 aliphatic heterocycles. The van der Waals surface area contributed by atoms with E-state index in [9.17, 15) is 18.0 Å². The Morgan fingerprint density at radius 3 is 2.17 bits per heavy atom. The normalized spacial score (nSPS) is 13.0. The number of ether oxygens (including phenoxy) is 1. The number of hydrogen-bond acceptors (Lipinski definition) is 5. The quantitative estimate of drug-likeness (QED) is 0.462. The van der Waals surface area contributed by atoms with Gasteiger partial charge in [0.25, 0.3) is 0 Å². The van der Waals surface area contributed by atoms with Crippen LogP contribution in [0.2, 0.25) is 0 Å². The molecule has 2 aromatic carbocycles. The first-order valence-electron chi connectivity index (χ1n) is 12.2. The van der Waals surface area contributed by atoms with Crippen LogP contribution in [0.1, 0.15) is 50.3 Å². The van der Waals surface area contributed by atoms with Gasteiger partial charge in [-0.05, 0) is 62.4 Å². The standard InChI is InChI=1S/C27H39N3O5S/c1-8-21(5)28-27(32)24(9-2)29(17-22-14-11-15-23(16-22)35-6)25(31)18-30(36(7,33)34)26-19(3)12-10-13-20(26)4/h10-16,21,24H,8-9,17-18H2,1-7H3,(H,28,32)/t21-,24-/m1/s1. The maximum absolute atomic E-state index is 13.8. The Morgan fingerprint density at radius 2 is 1.64 bits per heavy atom. The molecule has 0 saturated heterocycles. The highest BCUT2D eigenvalue weighted by molar-refractivity contribution is 7.92. The molecule has 2 amide bonds. The van der Waals surface area contributed by atoms with Crippen molar-refractivity contribution in [3.05, 3.63) is 59.2 Å². The molecule has 9 heteroatoms. The third-order valence-corrected chi connectivity index (χ3v) is 7.35. The SMILES string of the molecule is CC[C@@H](C)NC(=O)[C@@H](CC)N(Cc1cccc(OC)c1)C(=O)CN(c1c(C)cccc1C)S(C)(=O)=O. The lowest BCUT2D eigenvalue weighted by atomic mass is 10.1. The first kappa shape index (κ1) is 29.2. The number of sulfonamides is 1. The van der Waals surface area contributed by atoms with Gasteiger partial charge in [0.05, 0.1) is 19.1 Å². The van der Waals surface area contributed by atoms with Gasteiger partial charge in [-0.2, -0.15) is 0 Å². The van der Waals surface area contributed by atoms with E-state index >= 15 is 0 Å². The Hall–Kier alpha value is -3.07. The highest BCUT2D eigenvalue weighted by Gasteiger charge is 2.32. The Kier molecular flexibility index (Phi) is 10.3. The van der Waals surface area contributed by atoms with Gasteiger partial charge in [0.2, 0.25) is 21.8 Å². The van der Waals surface area contributed by atoms with Crippen LogP contribution in [-0.2, 0) is 26.2 Å². The van der Waals surface area contributed by atoms with Gasteiger partial charge in [0.15, 0.2) is 0 Å². The molecule has 0 spiro atoms. The number of hydrogen-bond donors (Lipinski definition) is 1. The van der Waals surface area contributed by atoms with Crippen LogP contribution >= 0.6 is 0 Å². The van der Waals surface area contributed by atoms with E-state index < -0.39 is 28.5 Å². The summed E-state index contributed by atoms with van der Waals surface area (Å²) in [5.74, 6) is -0.0941. The zero-order valence-corrected chi connectivity index (χ0v) is 23.2. The number of nitrogens with one attached hydrogen (secondary N) is 1. The third-order valence-electron chi connectivity index (χ3n) is 6.24. The average Bonchev–Trinajstić information content (AvgIpc) is 2.82. The Morgan fingerprint density at radius 1 is 1.03 bits per heavy atom. The number of nitrogens with zero attached hydrogens (tertiary/aromatic N) is 2. The number of rotatable bonds is 12. The molecule has 0 aliphatic rings. The highest BCUT2D eigenvalue weighted by Crippen LogP contribution is 2.27. The number of carbonyl (C=O) groups is 2.